The minimum Gasteiger partial charge on any atom is -0.455 e. The highest BCUT2D eigenvalue weighted by Crippen LogP contribution is 2.43. The summed E-state index contributed by atoms with van der Waals surface area (Å²) in [6.07, 6.45) is 9.33. The number of hydrogen-bond donors (Lipinski definition) is 0. The van der Waals surface area contributed by atoms with Crippen molar-refractivity contribution < 1.29 is 4.42 Å². The van der Waals surface area contributed by atoms with Crippen LogP contribution in [0.25, 0.3) is 108 Å². The average Bonchev–Trinajstić information content (AvgIpc) is 3.75. The van der Waals surface area contributed by atoms with E-state index < -0.39 is 0 Å². The van der Waals surface area contributed by atoms with E-state index in [4.69, 9.17) is 14.4 Å². The molecule has 0 saturated carbocycles. The number of thiophene rings is 1. The zero-order chi connectivity index (χ0) is 32.8. The van der Waals surface area contributed by atoms with Crippen molar-refractivity contribution in [2.75, 3.05) is 0 Å². The topological polar surface area (TPSA) is 64.7 Å². The number of furan rings is 1. The van der Waals surface area contributed by atoms with Gasteiger partial charge < -0.3 is 4.42 Å². The Hall–Kier alpha value is -6.50. The van der Waals surface area contributed by atoms with Gasteiger partial charge >= 0.3 is 0 Å². The number of para-hydroxylation sites is 2. The number of aromatic nitrogens is 4. The number of benzene rings is 6. The molecule has 0 aliphatic heterocycles. The smallest absolute Gasteiger partial charge is 0.161 e. The summed E-state index contributed by atoms with van der Waals surface area (Å²) in [5.41, 5.74) is 7.43. The molecule has 6 aromatic carbocycles. The van der Waals surface area contributed by atoms with Crippen molar-refractivity contribution in [1.82, 2.24) is 19.9 Å². The first kappa shape index (κ1) is 27.5. The highest BCUT2D eigenvalue weighted by Gasteiger charge is 2.18. The van der Waals surface area contributed by atoms with Crippen LogP contribution < -0.4 is 0 Å². The van der Waals surface area contributed by atoms with Crippen molar-refractivity contribution in [3.05, 3.63) is 146 Å². The minimum atomic E-state index is 0.644. The summed E-state index contributed by atoms with van der Waals surface area (Å²) in [5.74, 6) is 0.644. The number of pyridine rings is 2. The van der Waals surface area contributed by atoms with Crippen molar-refractivity contribution in [3.63, 3.8) is 0 Å². The largest absolute Gasteiger partial charge is 0.455 e. The monoisotopic (exact) mass is 656 g/mol. The lowest BCUT2D eigenvalue weighted by molar-refractivity contribution is 0.671. The third-order valence-corrected chi connectivity index (χ3v) is 11.0. The van der Waals surface area contributed by atoms with E-state index in [1.165, 1.54) is 37.0 Å². The Balaban J connectivity index is 1.07. The molecule has 6 heteroatoms. The van der Waals surface area contributed by atoms with Crippen LogP contribution in [-0.4, -0.2) is 19.9 Å². The molecule has 11 aromatic rings. The highest BCUT2D eigenvalue weighted by atomic mass is 32.1. The Morgan fingerprint density at radius 3 is 1.76 bits per heavy atom. The third-order valence-electron chi connectivity index (χ3n) is 9.88. The van der Waals surface area contributed by atoms with Gasteiger partial charge in [0.1, 0.15) is 11.2 Å². The van der Waals surface area contributed by atoms with Crippen molar-refractivity contribution in [3.8, 4) is 33.6 Å². The molecule has 0 aliphatic carbocycles. The SMILES string of the molecule is c1cncc(-c2cccc3c2oc2c(-c4cncc(-c5ncc6sc7cc8c9ccccc9c9ccccc9c8cc7c6n5)c4)cccc23)c1. The lowest BCUT2D eigenvalue weighted by Gasteiger charge is -2.10. The number of rotatable bonds is 3. The molecule has 0 radical (unpaired) electrons. The first-order valence-electron chi connectivity index (χ1n) is 16.5. The predicted molar refractivity (Wildman–Crippen MR) is 207 cm³/mol. The molecular formula is C44H24N4OS. The van der Waals surface area contributed by atoms with Crippen LogP contribution in [0.5, 0.6) is 0 Å². The molecule has 0 unspecified atom stereocenters. The lowest BCUT2D eigenvalue weighted by Crippen LogP contribution is -1.91. The molecule has 232 valence electrons. The van der Waals surface area contributed by atoms with Crippen LogP contribution in [0.3, 0.4) is 0 Å². The molecule has 50 heavy (non-hydrogen) atoms. The molecule has 0 spiro atoms. The molecular weight excluding hydrogens is 633 g/mol. The van der Waals surface area contributed by atoms with Gasteiger partial charge in [0.2, 0.25) is 0 Å². The van der Waals surface area contributed by atoms with Crippen molar-refractivity contribution in [2.24, 2.45) is 0 Å². The summed E-state index contributed by atoms with van der Waals surface area (Å²) in [5, 5.41) is 10.8. The van der Waals surface area contributed by atoms with Gasteiger partial charge in [-0.25, -0.2) is 9.97 Å². The maximum absolute atomic E-state index is 6.67. The maximum atomic E-state index is 6.67. The molecule has 0 N–H and O–H groups in total. The van der Waals surface area contributed by atoms with E-state index in [0.29, 0.717) is 5.82 Å². The van der Waals surface area contributed by atoms with Gasteiger partial charge in [-0.1, -0.05) is 91.0 Å². The maximum Gasteiger partial charge on any atom is 0.161 e. The van der Waals surface area contributed by atoms with Crippen LogP contribution in [0.15, 0.2) is 151 Å². The zero-order valence-corrected chi connectivity index (χ0v) is 27.3. The summed E-state index contributed by atoms with van der Waals surface area (Å²) in [6, 6.07) is 40.7. The second kappa shape index (κ2) is 10.5. The second-order valence-corrected chi connectivity index (χ2v) is 13.7. The molecule has 5 heterocycles. The average molecular weight is 657 g/mol. The van der Waals surface area contributed by atoms with E-state index >= 15 is 0 Å². The molecule has 5 nitrogen and oxygen atoms in total. The van der Waals surface area contributed by atoms with Crippen LogP contribution in [0, 0.1) is 0 Å². The zero-order valence-electron chi connectivity index (χ0n) is 26.5. The van der Waals surface area contributed by atoms with Gasteiger partial charge in [-0.3, -0.25) is 9.97 Å². The van der Waals surface area contributed by atoms with Gasteiger partial charge in [-0.05, 0) is 56.6 Å². The first-order valence-corrected chi connectivity index (χ1v) is 17.3. The van der Waals surface area contributed by atoms with Crippen LogP contribution in [0.1, 0.15) is 0 Å². The summed E-state index contributed by atoms with van der Waals surface area (Å²) >= 11 is 1.74. The fraction of sp³-hybridized carbons (Fsp3) is 0. The van der Waals surface area contributed by atoms with Gasteiger partial charge in [0.15, 0.2) is 5.82 Å². The van der Waals surface area contributed by atoms with Crippen molar-refractivity contribution in [2.45, 2.75) is 0 Å². The molecule has 0 amide bonds. The number of fused-ring (bicyclic) bond motifs is 12. The molecule has 11 rings (SSSR count). The summed E-state index contributed by atoms with van der Waals surface area (Å²) in [6.45, 7) is 0. The van der Waals surface area contributed by atoms with Gasteiger partial charge in [0.25, 0.3) is 0 Å². The van der Waals surface area contributed by atoms with Gasteiger partial charge in [-0.15, -0.1) is 11.3 Å². The fourth-order valence-corrected chi connectivity index (χ4v) is 8.64. The first-order chi connectivity index (χ1) is 24.8. The van der Waals surface area contributed by atoms with Crippen molar-refractivity contribution in [1.29, 1.82) is 0 Å². The molecule has 0 saturated heterocycles. The van der Waals surface area contributed by atoms with E-state index in [0.717, 1.165) is 65.4 Å². The number of hydrogen-bond acceptors (Lipinski definition) is 6. The molecule has 0 atom stereocenters. The Morgan fingerprint density at radius 2 is 1.06 bits per heavy atom. The van der Waals surface area contributed by atoms with Crippen LogP contribution in [-0.2, 0) is 0 Å². The molecule has 5 aromatic heterocycles. The Kier molecular flexibility index (Phi) is 5.76. The van der Waals surface area contributed by atoms with Gasteiger partial charge in [0, 0.05) is 79.7 Å². The van der Waals surface area contributed by atoms with Crippen molar-refractivity contribution >= 4 is 85.9 Å². The normalized spacial score (nSPS) is 12.0. The third kappa shape index (κ3) is 4.00. The van der Waals surface area contributed by atoms with Crippen LogP contribution >= 0.6 is 11.3 Å². The molecule has 0 bridgehead atoms. The Morgan fingerprint density at radius 1 is 0.440 bits per heavy atom. The number of nitrogens with zero attached hydrogens (tertiary/aromatic N) is 4. The van der Waals surface area contributed by atoms with E-state index in [-0.39, 0.29) is 0 Å². The van der Waals surface area contributed by atoms with E-state index in [2.05, 4.69) is 119 Å². The summed E-state index contributed by atoms with van der Waals surface area (Å²) < 4.78 is 8.94. The quantitative estimate of drug-likeness (QED) is 0.177. The van der Waals surface area contributed by atoms with Crippen LogP contribution in [0.2, 0.25) is 0 Å². The van der Waals surface area contributed by atoms with E-state index in [9.17, 15) is 0 Å². The molecule has 0 aliphatic rings. The molecule has 0 fully saturated rings. The van der Waals surface area contributed by atoms with Crippen LogP contribution in [0.4, 0.5) is 0 Å². The standard InChI is InChI=1S/C44H24N4OS/c1-3-11-32-30(9-1)31-10-2-4-12-33(31)37-20-39-38(19-36(32)37)41-40(50-39)24-47-44(48-41)27-18-26(22-46-23-27)29-14-6-16-35-34-15-5-13-28(42(34)49-43(29)35)25-8-7-17-45-21-25/h1-24H. The van der Waals surface area contributed by atoms with Gasteiger partial charge in [0.05, 0.1) is 10.2 Å². The van der Waals surface area contributed by atoms with E-state index in [1.54, 1.807) is 17.5 Å². The minimum absolute atomic E-state index is 0.644. The highest BCUT2D eigenvalue weighted by molar-refractivity contribution is 7.25. The lowest BCUT2D eigenvalue weighted by atomic mass is 9.94. The second-order valence-electron chi connectivity index (χ2n) is 12.7. The summed E-state index contributed by atoms with van der Waals surface area (Å²) in [7, 11) is 0. The fourth-order valence-electron chi connectivity index (χ4n) is 7.60. The van der Waals surface area contributed by atoms with E-state index in [1.807, 2.05) is 30.9 Å². The predicted octanol–water partition coefficient (Wildman–Crippen LogP) is 12.0. The summed E-state index contributed by atoms with van der Waals surface area (Å²) in [4.78, 5) is 19.0. The van der Waals surface area contributed by atoms with Gasteiger partial charge in [-0.2, -0.15) is 0 Å². The Bertz CT molecular complexity index is 3160. The Labute approximate surface area is 289 Å².